The summed E-state index contributed by atoms with van der Waals surface area (Å²) >= 11 is 0. The Morgan fingerprint density at radius 2 is 1.79 bits per heavy atom. The van der Waals surface area contributed by atoms with Gasteiger partial charge in [-0.05, 0) is 88.1 Å². The van der Waals surface area contributed by atoms with Crippen molar-refractivity contribution in [2.24, 2.45) is 5.92 Å². The van der Waals surface area contributed by atoms with E-state index in [0.717, 1.165) is 57.7 Å². The summed E-state index contributed by atoms with van der Waals surface area (Å²) in [6.45, 7) is 11.9. The predicted octanol–water partition coefficient (Wildman–Crippen LogP) is 3.93. The molecule has 4 aliphatic rings. The van der Waals surface area contributed by atoms with Gasteiger partial charge in [0.25, 0.3) is 0 Å². The Balaban J connectivity index is 1.17. The minimum atomic E-state index is 0.272. The van der Waals surface area contributed by atoms with Crippen molar-refractivity contribution in [2.45, 2.75) is 76.6 Å². The lowest BCUT2D eigenvalue weighted by molar-refractivity contribution is -0.218. The van der Waals surface area contributed by atoms with Gasteiger partial charge >= 0.3 is 0 Å². The van der Waals surface area contributed by atoms with Crippen LogP contribution in [0.25, 0.3) is 0 Å². The van der Waals surface area contributed by atoms with Crippen molar-refractivity contribution in [3.8, 4) is 0 Å². The first kappa shape index (κ1) is 20.0. The van der Waals surface area contributed by atoms with E-state index in [1.807, 2.05) is 0 Å². The number of ether oxygens (including phenoxy) is 2. The molecule has 0 N–H and O–H groups in total. The number of hydrogen-bond acceptors (Lipinski definition) is 4. The predicted molar refractivity (Wildman–Crippen MR) is 116 cm³/mol. The highest BCUT2D eigenvalue weighted by Crippen LogP contribution is 2.45. The summed E-state index contributed by atoms with van der Waals surface area (Å²) in [5.41, 5.74) is 4.54. The fourth-order valence-electron chi connectivity index (χ4n) is 5.74. The highest BCUT2D eigenvalue weighted by molar-refractivity contribution is 5.29. The van der Waals surface area contributed by atoms with E-state index in [0.29, 0.717) is 6.10 Å². The fourth-order valence-corrected chi connectivity index (χ4v) is 5.74. The van der Waals surface area contributed by atoms with Gasteiger partial charge in [-0.2, -0.15) is 0 Å². The van der Waals surface area contributed by atoms with Crippen molar-refractivity contribution in [2.75, 3.05) is 39.5 Å². The number of benzene rings is 1. The maximum absolute atomic E-state index is 6.43. The summed E-state index contributed by atoms with van der Waals surface area (Å²) in [5, 5.41) is 0. The second-order valence-electron chi connectivity index (χ2n) is 10.1. The smallest absolute Gasteiger partial charge is 0.0887 e. The number of likely N-dealkylation sites (tertiary alicyclic amines) is 2. The molecule has 1 spiro atoms. The second kappa shape index (κ2) is 8.30. The van der Waals surface area contributed by atoms with Crippen LogP contribution >= 0.6 is 0 Å². The van der Waals surface area contributed by atoms with Crippen LogP contribution in [-0.4, -0.2) is 66.9 Å². The molecule has 1 aliphatic carbocycles. The van der Waals surface area contributed by atoms with E-state index in [2.05, 4.69) is 41.8 Å². The normalized spacial score (nSPS) is 28.6. The molecule has 0 bridgehead atoms. The summed E-state index contributed by atoms with van der Waals surface area (Å²) in [6.07, 6.45) is 8.11. The van der Waals surface area contributed by atoms with E-state index in [1.165, 1.54) is 55.5 Å². The zero-order chi connectivity index (χ0) is 19.8. The topological polar surface area (TPSA) is 24.9 Å². The molecule has 1 atom stereocenters. The summed E-state index contributed by atoms with van der Waals surface area (Å²) in [4.78, 5) is 5.48. The van der Waals surface area contributed by atoms with E-state index in [4.69, 9.17) is 9.47 Å². The Morgan fingerprint density at radius 3 is 2.48 bits per heavy atom. The molecule has 0 amide bonds. The lowest BCUT2D eigenvalue weighted by atomic mass is 9.73. The molecule has 160 valence electrons. The minimum Gasteiger partial charge on any atom is -0.381 e. The lowest BCUT2D eigenvalue weighted by Crippen LogP contribution is -2.76. The third-order valence-electron chi connectivity index (χ3n) is 8.10. The Labute approximate surface area is 176 Å². The van der Waals surface area contributed by atoms with Crippen LogP contribution < -0.4 is 0 Å². The van der Waals surface area contributed by atoms with Gasteiger partial charge in [-0.15, -0.1) is 0 Å². The van der Waals surface area contributed by atoms with Gasteiger partial charge in [0.15, 0.2) is 0 Å². The van der Waals surface area contributed by atoms with E-state index in [1.54, 1.807) is 0 Å². The molecule has 4 fully saturated rings. The van der Waals surface area contributed by atoms with Crippen LogP contribution in [0.1, 0.15) is 55.2 Å². The summed E-state index contributed by atoms with van der Waals surface area (Å²) in [7, 11) is 0. The largest absolute Gasteiger partial charge is 0.381 e. The third kappa shape index (κ3) is 4.14. The highest BCUT2D eigenvalue weighted by atomic mass is 16.5. The van der Waals surface area contributed by atoms with Gasteiger partial charge in [0.2, 0.25) is 0 Å². The Bertz CT molecular complexity index is 703. The van der Waals surface area contributed by atoms with Crippen LogP contribution in [0.4, 0.5) is 0 Å². The molecule has 0 radical (unpaired) electrons. The first-order valence-corrected chi connectivity index (χ1v) is 11.9. The SMILES string of the molecule is Cc1ccc(CN2CCC(N3CC(OCC4CC4)C34CCOCC4)CC2)cc1C. The van der Waals surface area contributed by atoms with Crippen LogP contribution in [-0.2, 0) is 16.0 Å². The van der Waals surface area contributed by atoms with Crippen molar-refractivity contribution >= 4 is 0 Å². The van der Waals surface area contributed by atoms with E-state index in [-0.39, 0.29) is 5.54 Å². The molecule has 1 unspecified atom stereocenters. The van der Waals surface area contributed by atoms with E-state index >= 15 is 0 Å². The number of rotatable bonds is 6. The Kier molecular flexibility index (Phi) is 5.72. The fraction of sp³-hybridized carbons (Fsp3) is 0.760. The van der Waals surface area contributed by atoms with Crippen LogP contribution in [0.5, 0.6) is 0 Å². The number of aryl methyl sites for hydroxylation is 2. The average Bonchev–Trinajstić information content (AvgIpc) is 3.56. The van der Waals surface area contributed by atoms with Crippen LogP contribution in [0, 0.1) is 19.8 Å². The second-order valence-corrected chi connectivity index (χ2v) is 10.1. The molecule has 3 heterocycles. The molecule has 0 aromatic heterocycles. The van der Waals surface area contributed by atoms with Gasteiger partial charge in [0, 0.05) is 39.0 Å². The number of nitrogens with zero attached hydrogens (tertiary/aromatic N) is 2. The van der Waals surface area contributed by atoms with Crippen molar-refractivity contribution in [3.63, 3.8) is 0 Å². The third-order valence-corrected chi connectivity index (χ3v) is 8.10. The highest BCUT2D eigenvalue weighted by Gasteiger charge is 2.57. The molecular weight excluding hydrogens is 360 g/mol. The lowest BCUT2D eigenvalue weighted by Gasteiger charge is -2.63. The zero-order valence-corrected chi connectivity index (χ0v) is 18.4. The standard InChI is InChI=1S/C25H38N2O2/c1-19-3-4-22(15-20(19)2)16-26-11-7-23(8-12-26)27-17-24(29-18-21-5-6-21)25(27)9-13-28-14-10-25/h3-4,15,21,23-24H,5-14,16-18H2,1-2H3. The van der Waals surface area contributed by atoms with Crippen LogP contribution in [0.15, 0.2) is 18.2 Å². The van der Waals surface area contributed by atoms with E-state index in [9.17, 15) is 0 Å². The van der Waals surface area contributed by atoms with Crippen molar-refractivity contribution in [3.05, 3.63) is 34.9 Å². The van der Waals surface area contributed by atoms with Crippen molar-refractivity contribution in [1.82, 2.24) is 9.80 Å². The molecule has 1 aromatic carbocycles. The molecule has 29 heavy (non-hydrogen) atoms. The van der Waals surface area contributed by atoms with Gasteiger partial charge in [-0.3, -0.25) is 9.80 Å². The van der Waals surface area contributed by atoms with Crippen molar-refractivity contribution in [1.29, 1.82) is 0 Å². The molecule has 4 heteroatoms. The van der Waals surface area contributed by atoms with Crippen LogP contribution in [0.2, 0.25) is 0 Å². The molecule has 3 saturated heterocycles. The number of piperidine rings is 1. The average molecular weight is 399 g/mol. The van der Waals surface area contributed by atoms with Crippen molar-refractivity contribution < 1.29 is 9.47 Å². The summed E-state index contributed by atoms with van der Waals surface area (Å²) in [5.74, 6) is 0.856. The summed E-state index contributed by atoms with van der Waals surface area (Å²) < 4.78 is 12.2. The van der Waals surface area contributed by atoms with E-state index < -0.39 is 0 Å². The quantitative estimate of drug-likeness (QED) is 0.725. The Morgan fingerprint density at radius 1 is 1.03 bits per heavy atom. The van der Waals surface area contributed by atoms with Crippen LogP contribution in [0.3, 0.4) is 0 Å². The maximum Gasteiger partial charge on any atom is 0.0887 e. The molecule has 3 aliphatic heterocycles. The maximum atomic E-state index is 6.43. The van der Waals surface area contributed by atoms with Gasteiger partial charge in [-0.1, -0.05) is 18.2 Å². The first-order chi connectivity index (χ1) is 14.1. The Hall–Kier alpha value is -0.940. The zero-order valence-electron chi connectivity index (χ0n) is 18.4. The monoisotopic (exact) mass is 398 g/mol. The molecule has 5 rings (SSSR count). The molecular formula is C25H38N2O2. The minimum absolute atomic E-state index is 0.272. The van der Waals surface area contributed by atoms with Gasteiger partial charge < -0.3 is 9.47 Å². The van der Waals surface area contributed by atoms with Gasteiger partial charge in [0.1, 0.15) is 0 Å². The van der Waals surface area contributed by atoms with Gasteiger partial charge in [-0.25, -0.2) is 0 Å². The first-order valence-electron chi connectivity index (χ1n) is 11.9. The van der Waals surface area contributed by atoms with Gasteiger partial charge in [0.05, 0.1) is 11.6 Å². The molecule has 1 aromatic rings. The molecule has 1 saturated carbocycles. The summed E-state index contributed by atoms with van der Waals surface area (Å²) in [6, 6.07) is 7.68. The molecule has 4 nitrogen and oxygen atoms in total. The number of hydrogen-bond donors (Lipinski definition) is 0.